The predicted molar refractivity (Wildman–Crippen MR) is 127 cm³/mol. The average Bonchev–Trinajstić information content (AvgIpc) is 3.02. The van der Waals surface area contributed by atoms with Gasteiger partial charge >= 0.3 is 6.03 Å². The molecular weight excluding hydrogens is 442 g/mol. The van der Waals surface area contributed by atoms with E-state index in [9.17, 15) is 14.4 Å². The van der Waals surface area contributed by atoms with Crippen LogP contribution in [0.2, 0.25) is 0 Å². The number of benzene rings is 1. The van der Waals surface area contributed by atoms with Crippen molar-refractivity contribution in [2.75, 3.05) is 31.3 Å². The van der Waals surface area contributed by atoms with E-state index in [1.807, 2.05) is 12.3 Å². The van der Waals surface area contributed by atoms with Crippen LogP contribution in [0.5, 0.6) is 11.5 Å². The number of ether oxygens (including phenoxy) is 2. The third kappa shape index (κ3) is 4.52. The van der Waals surface area contributed by atoms with Crippen LogP contribution in [0.15, 0.2) is 17.0 Å². The molecule has 0 radical (unpaired) electrons. The molecule has 0 unspecified atom stereocenters. The minimum atomic E-state index is -0.876. The van der Waals surface area contributed by atoms with E-state index in [4.69, 9.17) is 9.47 Å². The van der Waals surface area contributed by atoms with Gasteiger partial charge in [-0.25, -0.2) is 4.79 Å². The standard InChI is InChI=1S/C24H33N3O5S/c1-5-23(2,3)15-6-8-24(9-7-15)21(29)27(22(30)26-24)14-20(28)25-16-12-17-18(13-19(16)33-4)32-11-10-31-17/h12-13,15H,5-11,14H2,1-4H3,(H,25,28)(H,26,30). The van der Waals surface area contributed by atoms with Crippen LogP contribution in [0, 0.1) is 11.3 Å². The number of nitrogens with one attached hydrogen (secondary N) is 2. The fourth-order valence-electron chi connectivity index (χ4n) is 5.01. The molecule has 2 aliphatic heterocycles. The first kappa shape index (κ1) is 23.7. The van der Waals surface area contributed by atoms with E-state index in [0.29, 0.717) is 49.2 Å². The number of anilines is 1. The van der Waals surface area contributed by atoms with Gasteiger partial charge in [0.25, 0.3) is 5.91 Å². The van der Waals surface area contributed by atoms with E-state index >= 15 is 0 Å². The normalized spacial score (nSPS) is 24.7. The zero-order valence-corrected chi connectivity index (χ0v) is 20.6. The minimum Gasteiger partial charge on any atom is -0.486 e. The van der Waals surface area contributed by atoms with E-state index in [2.05, 4.69) is 31.4 Å². The van der Waals surface area contributed by atoms with Gasteiger partial charge in [-0.15, -0.1) is 11.8 Å². The Morgan fingerprint density at radius 1 is 1.21 bits per heavy atom. The molecule has 4 amide bonds. The molecule has 0 aromatic heterocycles. The fourth-order valence-corrected chi connectivity index (χ4v) is 5.56. The van der Waals surface area contributed by atoms with Crippen LogP contribution in [0.3, 0.4) is 0 Å². The highest BCUT2D eigenvalue weighted by Crippen LogP contribution is 2.45. The number of fused-ring (bicyclic) bond motifs is 1. The number of imide groups is 1. The van der Waals surface area contributed by atoms with Crippen molar-refractivity contribution in [3.05, 3.63) is 12.1 Å². The van der Waals surface area contributed by atoms with Gasteiger partial charge < -0.3 is 20.1 Å². The van der Waals surface area contributed by atoms with Crippen molar-refractivity contribution in [2.45, 2.75) is 63.3 Å². The van der Waals surface area contributed by atoms with Gasteiger partial charge in [0.05, 0.1) is 5.69 Å². The maximum atomic E-state index is 13.2. The number of carbonyl (C=O) groups is 3. The molecule has 4 rings (SSSR count). The van der Waals surface area contributed by atoms with E-state index in [1.165, 1.54) is 11.8 Å². The topological polar surface area (TPSA) is 97.0 Å². The number of nitrogens with zero attached hydrogens (tertiary/aromatic N) is 1. The SMILES string of the molecule is CCC(C)(C)C1CCC2(CC1)NC(=O)N(CC(=O)Nc1cc3c(cc1SC)OCCO3)C2=O. The monoisotopic (exact) mass is 475 g/mol. The molecule has 2 heterocycles. The van der Waals surface area contributed by atoms with Crippen molar-refractivity contribution in [3.63, 3.8) is 0 Å². The van der Waals surface area contributed by atoms with E-state index in [1.54, 1.807) is 6.07 Å². The zero-order valence-electron chi connectivity index (χ0n) is 19.8. The third-order valence-corrected chi connectivity index (χ3v) is 8.32. The highest BCUT2D eigenvalue weighted by atomic mass is 32.2. The molecule has 1 aromatic rings. The molecule has 1 saturated carbocycles. The quantitative estimate of drug-likeness (QED) is 0.476. The van der Waals surface area contributed by atoms with Gasteiger partial charge in [-0.3, -0.25) is 14.5 Å². The van der Waals surface area contributed by atoms with Crippen LogP contribution in [-0.2, 0) is 9.59 Å². The van der Waals surface area contributed by atoms with Crippen LogP contribution in [0.1, 0.15) is 52.9 Å². The summed E-state index contributed by atoms with van der Waals surface area (Å²) in [6, 6.07) is 3.06. The molecule has 0 bridgehead atoms. The molecule has 33 heavy (non-hydrogen) atoms. The molecule has 1 aliphatic carbocycles. The van der Waals surface area contributed by atoms with Gasteiger partial charge in [0.1, 0.15) is 25.3 Å². The van der Waals surface area contributed by atoms with Gasteiger partial charge in [0.2, 0.25) is 5.91 Å². The van der Waals surface area contributed by atoms with Gasteiger partial charge in [0.15, 0.2) is 11.5 Å². The largest absolute Gasteiger partial charge is 0.486 e. The molecule has 8 nitrogen and oxygen atoms in total. The second-order valence-electron chi connectivity index (χ2n) is 9.76. The molecule has 1 aromatic carbocycles. The smallest absolute Gasteiger partial charge is 0.325 e. The molecular formula is C24H33N3O5S. The number of rotatable bonds is 6. The maximum absolute atomic E-state index is 13.2. The molecule has 2 N–H and O–H groups in total. The van der Waals surface area contributed by atoms with E-state index in [-0.39, 0.29) is 17.9 Å². The Morgan fingerprint density at radius 2 is 1.85 bits per heavy atom. The lowest BCUT2D eigenvalue weighted by molar-refractivity contribution is -0.135. The third-order valence-electron chi connectivity index (χ3n) is 7.54. The Balaban J connectivity index is 1.42. The van der Waals surface area contributed by atoms with Crippen molar-refractivity contribution >= 4 is 35.3 Å². The molecule has 180 valence electrons. The number of amides is 4. The van der Waals surface area contributed by atoms with Crippen LogP contribution >= 0.6 is 11.8 Å². The minimum absolute atomic E-state index is 0.214. The van der Waals surface area contributed by atoms with Crippen LogP contribution < -0.4 is 20.1 Å². The summed E-state index contributed by atoms with van der Waals surface area (Å²) >= 11 is 1.47. The summed E-state index contributed by atoms with van der Waals surface area (Å²) < 4.78 is 11.2. The summed E-state index contributed by atoms with van der Waals surface area (Å²) in [6.07, 6.45) is 5.99. The summed E-state index contributed by atoms with van der Waals surface area (Å²) in [5.41, 5.74) is -0.0919. The van der Waals surface area contributed by atoms with Gasteiger partial charge in [-0.2, -0.15) is 0 Å². The Hall–Kier alpha value is -2.42. The first-order valence-corrected chi connectivity index (χ1v) is 12.8. The zero-order chi connectivity index (χ0) is 23.8. The fraction of sp³-hybridized carbons (Fsp3) is 0.625. The van der Waals surface area contributed by atoms with Crippen LogP contribution in [-0.4, -0.2) is 54.3 Å². The predicted octanol–water partition coefficient (Wildman–Crippen LogP) is 4.04. The summed E-state index contributed by atoms with van der Waals surface area (Å²) in [4.78, 5) is 40.6. The number of hydrogen-bond donors (Lipinski definition) is 2. The lowest BCUT2D eigenvalue weighted by Crippen LogP contribution is -2.51. The van der Waals surface area contributed by atoms with Crippen LogP contribution in [0.25, 0.3) is 0 Å². The highest BCUT2D eigenvalue weighted by Gasteiger charge is 2.53. The first-order valence-electron chi connectivity index (χ1n) is 11.6. The molecule has 0 atom stereocenters. The Kier molecular flexibility index (Phi) is 6.53. The number of carbonyl (C=O) groups excluding carboxylic acids is 3. The van der Waals surface area contributed by atoms with Crippen molar-refractivity contribution in [1.29, 1.82) is 0 Å². The second-order valence-corrected chi connectivity index (χ2v) is 10.6. The summed E-state index contributed by atoms with van der Waals surface area (Å²) in [5.74, 6) is 1.01. The number of thioether (sulfide) groups is 1. The Labute approximate surface area is 199 Å². The van der Waals surface area contributed by atoms with Gasteiger partial charge in [-0.05, 0) is 49.3 Å². The van der Waals surface area contributed by atoms with Crippen molar-refractivity contribution in [2.24, 2.45) is 11.3 Å². The molecule has 1 spiro atoms. The first-order chi connectivity index (χ1) is 15.7. The summed E-state index contributed by atoms with van der Waals surface area (Å²) in [5, 5.41) is 5.74. The Bertz CT molecular complexity index is 956. The van der Waals surface area contributed by atoms with Gasteiger partial charge in [0, 0.05) is 11.0 Å². The highest BCUT2D eigenvalue weighted by molar-refractivity contribution is 7.98. The van der Waals surface area contributed by atoms with Crippen molar-refractivity contribution in [1.82, 2.24) is 10.2 Å². The summed E-state index contributed by atoms with van der Waals surface area (Å²) in [7, 11) is 0. The molecule has 3 aliphatic rings. The maximum Gasteiger partial charge on any atom is 0.325 e. The molecule has 2 fully saturated rings. The lowest BCUT2D eigenvalue weighted by Gasteiger charge is -2.42. The molecule has 9 heteroatoms. The van der Waals surface area contributed by atoms with Crippen molar-refractivity contribution in [3.8, 4) is 11.5 Å². The van der Waals surface area contributed by atoms with E-state index < -0.39 is 17.5 Å². The number of hydrogen-bond acceptors (Lipinski definition) is 6. The number of urea groups is 1. The average molecular weight is 476 g/mol. The second kappa shape index (κ2) is 9.08. The lowest BCUT2D eigenvalue weighted by atomic mass is 9.65. The van der Waals surface area contributed by atoms with Gasteiger partial charge in [-0.1, -0.05) is 27.2 Å². The molecule has 1 saturated heterocycles. The van der Waals surface area contributed by atoms with Crippen LogP contribution in [0.4, 0.5) is 10.5 Å². The van der Waals surface area contributed by atoms with Crippen molar-refractivity contribution < 1.29 is 23.9 Å². The Morgan fingerprint density at radius 3 is 2.45 bits per heavy atom. The summed E-state index contributed by atoms with van der Waals surface area (Å²) in [6.45, 7) is 7.33. The van der Waals surface area contributed by atoms with E-state index in [0.717, 1.165) is 29.1 Å².